The lowest BCUT2D eigenvalue weighted by atomic mass is 9.92. The van der Waals surface area contributed by atoms with E-state index in [0.717, 1.165) is 24.0 Å². The summed E-state index contributed by atoms with van der Waals surface area (Å²) in [6.07, 6.45) is 1.11. The molecule has 1 aliphatic heterocycles. The predicted octanol–water partition coefficient (Wildman–Crippen LogP) is 3.51. The van der Waals surface area contributed by atoms with E-state index in [0.29, 0.717) is 12.6 Å². The average Bonchev–Trinajstić information content (AvgIpc) is 2.49. The van der Waals surface area contributed by atoms with E-state index in [1.54, 1.807) is 0 Å². The van der Waals surface area contributed by atoms with Crippen molar-refractivity contribution in [1.82, 2.24) is 4.90 Å². The van der Waals surface area contributed by atoms with E-state index < -0.39 is 0 Å². The molecular weight excluding hydrogens is 312 g/mol. The van der Waals surface area contributed by atoms with Gasteiger partial charge in [-0.3, -0.25) is 4.90 Å². The summed E-state index contributed by atoms with van der Waals surface area (Å²) < 4.78 is 1.13. The van der Waals surface area contributed by atoms with Gasteiger partial charge in [0.05, 0.1) is 0 Å². The van der Waals surface area contributed by atoms with Crippen molar-refractivity contribution in [2.45, 2.75) is 19.0 Å². The maximum atomic E-state index is 6.04. The summed E-state index contributed by atoms with van der Waals surface area (Å²) in [5, 5.41) is 0. The van der Waals surface area contributed by atoms with Crippen LogP contribution in [0.15, 0.2) is 53.0 Å². The fourth-order valence-corrected chi connectivity index (χ4v) is 3.26. The standard InChI is InChI=1S/C17H19BrN2/c18-15-7-5-13(6-8-15)12-20-10-9-14-3-1-2-4-16(14)17(20)11-19/h1-8,17H,9-12,19H2. The minimum atomic E-state index is 0.337. The van der Waals surface area contributed by atoms with Crippen LogP contribution in [0.25, 0.3) is 0 Å². The first-order chi connectivity index (χ1) is 9.78. The zero-order valence-electron chi connectivity index (χ0n) is 11.4. The Kier molecular flexibility index (Phi) is 4.20. The van der Waals surface area contributed by atoms with Crippen molar-refractivity contribution in [3.05, 3.63) is 69.7 Å². The summed E-state index contributed by atoms with van der Waals surface area (Å²) in [5.74, 6) is 0. The maximum Gasteiger partial charge on any atom is 0.0476 e. The fraction of sp³-hybridized carbons (Fsp3) is 0.294. The molecule has 0 bridgehead atoms. The second-order valence-corrected chi connectivity index (χ2v) is 6.21. The number of nitrogens with two attached hydrogens (primary N) is 1. The van der Waals surface area contributed by atoms with E-state index in [-0.39, 0.29) is 0 Å². The van der Waals surface area contributed by atoms with Crippen LogP contribution in [0.2, 0.25) is 0 Å². The smallest absolute Gasteiger partial charge is 0.0476 e. The summed E-state index contributed by atoms with van der Waals surface area (Å²) >= 11 is 3.48. The summed E-state index contributed by atoms with van der Waals surface area (Å²) in [7, 11) is 0. The lowest BCUT2D eigenvalue weighted by Crippen LogP contribution is -2.38. The van der Waals surface area contributed by atoms with Gasteiger partial charge < -0.3 is 5.73 Å². The fourth-order valence-electron chi connectivity index (χ4n) is 2.99. The zero-order chi connectivity index (χ0) is 13.9. The van der Waals surface area contributed by atoms with Crippen molar-refractivity contribution in [3.8, 4) is 0 Å². The number of benzene rings is 2. The Morgan fingerprint density at radius 3 is 2.60 bits per heavy atom. The molecule has 0 saturated heterocycles. The molecule has 2 aromatic rings. The highest BCUT2D eigenvalue weighted by molar-refractivity contribution is 9.10. The molecule has 0 radical (unpaired) electrons. The number of rotatable bonds is 3. The molecule has 0 amide bonds. The van der Waals surface area contributed by atoms with Crippen LogP contribution in [0.4, 0.5) is 0 Å². The van der Waals surface area contributed by atoms with E-state index in [4.69, 9.17) is 5.73 Å². The highest BCUT2D eigenvalue weighted by atomic mass is 79.9. The predicted molar refractivity (Wildman–Crippen MR) is 86.5 cm³/mol. The molecule has 0 fully saturated rings. The monoisotopic (exact) mass is 330 g/mol. The molecule has 1 unspecified atom stereocenters. The molecule has 0 aromatic heterocycles. The summed E-state index contributed by atoms with van der Waals surface area (Å²) in [4.78, 5) is 2.49. The van der Waals surface area contributed by atoms with Gasteiger partial charge in [0.2, 0.25) is 0 Å². The van der Waals surface area contributed by atoms with Gasteiger partial charge >= 0.3 is 0 Å². The molecule has 0 spiro atoms. The van der Waals surface area contributed by atoms with Crippen molar-refractivity contribution in [1.29, 1.82) is 0 Å². The molecule has 2 aromatic carbocycles. The molecular formula is C17H19BrN2. The third-order valence-electron chi connectivity index (χ3n) is 4.05. The van der Waals surface area contributed by atoms with Crippen molar-refractivity contribution in [2.75, 3.05) is 13.1 Å². The van der Waals surface area contributed by atoms with E-state index in [2.05, 4.69) is 69.4 Å². The van der Waals surface area contributed by atoms with Crippen LogP contribution in [-0.2, 0) is 13.0 Å². The van der Waals surface area contributed by atoms with Crippen LogP contribution in [0.5, 0.6) is 0 Å². The normalized spacial score (nSPS) is 18.8. The Hall–Kier alpha value is -1.16. The largest absolute Gasteiger partial charge is 0.329 e. The molecule has 0 aliphatic carbocycles. The van der Waals surface area contributed by atoms with Crippen LogP contribution in [0, 0.1) is 0 Å². The topological polar surface area (TPSA) is 29.3 Å². The third-order valence-corrected chi connectivity index (χ3v) is 4.57. The van der Waals surface area contributed by atoms with Gasteiger partial charge in [0.1, 0.15) is 0 Å². The molecule has 3 rings (SSSR count). The Morgan fingerprint density at radius 1 is 1.10 bits per heavy atom. The first-order valence-electron chi connectivity index (χ1n) is 7.04. The third kappa shape index (κ3) is 2.80. The molecule has 104 valence electrons. The van der Waals surface area contributed by atoms with Crippen molar-refractivity contribution in [2.24, 2.45) is 5.73 Å². The van der Waals surface area contributed by atoms with E-state index in [1.807, 2.05) is 0 Å². The minimum absolute atomic E-state index is 0.337. The van der Waals surface area contributed by atoms with Gasteiger partial charge in [-0.1, -0.05) is 52.3 Å². The van der Waals surface area contributed by atoms with Crippen LogP contribution in [0.3, 0.4) is 0 Å². The summed E-state index contributed by atoms with van der Waals surface area (Å²) in [6, 6.07) is 17.6. The van der Waals surface area contributed by atoms with Gasteiger partial charge in [0.15, 0.2) is 0 Å². The number of halogens is 1. The Labute approximate surface area is 128 Å². The molecule has 1 aliphatic rings. The Bertz CT molecular complexity index is 580. The Morgan fingerprint density at radius 2 is 1.85 bits per heavy atom. The van der Waals surface area contributed by atoms with E-state index >= 15 is 0 Å². The first kappa shape index (κ1) is 13.8. The quantitative estimate of drug-likeness (QED) is 0.933. The average molecular weight is 331 g/mol. The highest BCUT2D eigenvalue weighted by Gasteiger charge is 2.25. The van der Waals surface area contributed by atoms with Gasteiger partial charge in [0, 0.05) is 30.1 Å². The molecule has 2 N–H and O–H groups in total. The summed E-state index contributed by atoms with van der Waals surface area (Å²) in [5.41, 5.74) is 10.2. The molecule has 0 saturated carbocycles. The summed E-state index contributed by atoms with van der Waals surface area (Å²) in [6.45, 7) is 2.71. The van der Waals surface area contributed by atoms with Crippen LogP contribution >= 0.6 is 15.9 Å². The number of fused-ring (bicyclic) bond motifs is 1. The van der Waals surface area contributed by atoms with Crippen molar-refractivity contribution in [3.63, 3.8) is 0 Å². The maximum absolute atomic E-state index is 6.04. The van der Waals surface area contributed by atoms with Crippen LogP contribution < -0.4 is 5.73 Å². The van der Waals surface area contributed by atoms with Crippen molar-refractivity contribution < 1.29 is 0 Å². The molecule has 1 heterocycles. The second-order valence-electron chi connectivity index (χ2n) is 5.30. The minimum Gasteiger partial charge on any atom is -0.329 e. The highest BCUT2D eigenvalue weighted by Crippen LogP contribution is 2.30. The number of nitrogens with zero attached hydrogens (tertiary/aromatic N) is 1. The number of hydrogen-bond donors (Lipinski definition) is 1. The van der Waals surface area contributed by atoms with Gasteiger partial charge in [-0.15, -0.1) is 0 Å². The SMILES string of the molecule is NCC1c2ccccc2CCN1Cc1ccc(Br)cc1. The molecule has 3 heteroatoms. The van der Waals surface area contributed by atoms with Gasteiger partial charge in [-0.2, -0.15) is 0 Å². The van der Waals surface area contributed by atoms with Gasteiger partial charge in [-0.05, 0) is 35.2 Å². The van der Waals surface area contributed by atoms with Crippen LogP contribution in [-0.4, -0.2) is 18.0 Å². The zero-order valence-corrected chi connectivity index (χ0v) is 13.0. The van der Waals surface area contributed by atoms with Crippen LogP contribution in [0.1, 0.15) is 22.7 Å². The Balaban J connectivity index is 1.82. The number of hydrogen-bond acceptors (Lipinski definition) is 2. The molecule has 20 heavy (non-hydrogen) atoms. The first-order valence-corrected chi connectivity index (χ1v) is 7.83. The van der Waals surface area contributed by atoms with E-state index in [9.17, 15) is 0 Å². The van der Waals surface area contributed by atoms with Crippen molar-refractivity contribution >= 4 is 15.9 Å². The van der Waals surface area contributed by atoms with E-state index in [1.165, 1.54) is 16.7 Å². The molecule has 1 atom stereocenters. The molecule has 2 nitrogen and oxygen atoms in total. The lowest BCUT2D eigenvalue weighted by molar-refractivity contribution is 0.181. The second kappa shape index (κ2) is 6.08. The van der Waals surface area contributed by atoms with Gasteiger partial charge in [-0.25, -0.2) is 0 Å². The van der Waals surface area contributed by atoms with Gasteiger partial charge in [0.25, 0.3) is 0 Å². The lowest BCUT2D eigenvalue weighted by Gasteiger charge is -2.36.